The van der Waals surface area contributed by atoms with Crippen molar-refractivity contribution in [3.05, 3.63) is 23.6 Å². The number of rotatable bonds is 1. The van der Waals surface area contributed by atoms with Crippen molar-refractivity contribution in [3.8, 4) is 0 Å². The van der Waals surface area contributed by atoms with Crippen LogP contribution in [0.3, 0.4) is 0 Å². The summed E-state index contributed by atoms with van der Waals surface area (Å²) in [5, 5.41) is 3.77. The van der Waals surface area contributed by atoms with Gasteiger partial charge in [-0.05, 0) is 26.3 Å². The Bertz CT molecular complexity index is 248. The first-order valence-corrected chi connectivity index (χ1v) is 3.30. The van der Waals surface area contributed by atoms with Gasteiger partial charge in [0.2, 0.25) is 0 Å². The van der Waals surface area contributed by atoms with Crippen molar-refractivity contribution in [1.29, 1.82) is 0 Å². The Hall–Kier alpha value is -1.05. The summed E-state index contributed by atoms with van der Waals surface area (Å²) in [6.07, 6.45) is 2.00. The molecule has 0 unspecified atom stereocenters. The number of nitrogens with zero attached hydrogens (tertiary/aromatic N) is 1. The molecule has 0 aliphatic carbocycles. The van der Waals surface area contributed by atoms with Crippen molar-refractivity contribution in [1.82, 2.24) is 5.16 Å². The second-order valence-corrected chi connectivity index (χ2v) is 2.30. The molecule has 0 saturated heterocycles. The molecule has 0 aromatic carbocycles. The van der Waals surface area contributed by atoms with E-state index in [0.29, 0.717) is 0 Å². The quantitative estimate of drug-likeness (QED) is 0.594. The maximum Gasteiger partial charge on any atom is 0.162 e. The number of aryl methyl sites for hydroxylation is 1. The summed E-state index contributed by atoms with van der Waals surface area (Å²) in [7, 11) is 0. The monoisotopic (exact) mass is 137 g/mol. The highest BCUT2D eigenvalue weighted by Gasteiger charge is 1.99. The van der Waals surface area contributed by atoms with Crippen LogP contribution in [0.5, 0.6) is 0 Å². The Morgan fingerprint density at radius 2 is 2.40 bits per heavy atom. The van der Waals surface area contributed by atoms with Crippen LogP contribution in [0.2, 0.25) is 0 Å². The van der Waals surface area contributed by atoms with Gasteiger partial charge in [0.25, 0.3) is 0 Å². The van der Waals surface area contributed by atoms with Crippen molar-refractivity contribution in [2.45, 2.75) is 20.8 Å². The first kappa shape index (κ1) is 7.06. The molecule has 2 heteroatoms. The normalized spacial score (nSPS) is 12.1. The molecule has 1 rings (SSSR count). The molecule has 0 aliphatic heterocycles. The van der Waals surface area contributed by atoms with Gasteiger partial charge in [-0.15, -0.1) is 0 Å². The number of aromatic nitrogens is 1. The second-order valence-electron chi connectivity index (χ2n) is 2.30. The minimum absolute atomic E-state index is 0.861. The van der Waals surface area contributed by atoms with Gasteiger partial charge in [-0.2, -0.15) is 0 Å². The highest BCUT2D eigenvalue weighted by atomic mass is 16.5. The lowest BCUT2D eigenvalue weighted by Crippen LogP contribution is -1.70. The van der Waals surface area contributed by atoms with Gasteiger partial charge >= 0.3 is 0 Å². The van der Waals surface area contributed by atoms with Crippen LogP contribution in [0.15, 0.2) is 16.7 Å². The Morgan fingerprint density at radius 1 is 1.70 bits per heavy atom. The first-order chi connectivity index (χ1) is 4.74. The smallest absolute Gasteiger partial charge is 0.162 e. The molecule has 54 valence electrons. The third-order valence-electron chi connectivity index (χ3n) is 1.45. The summed E-state index contributed by atoms with van der Waals surface area (Å²) >= 11 is 0. The van der Waals surface area contributed by atoms with Crippen LogP contribution in [0, 0.1) is 6.92 Å². The van der Waals surface area contributed by atoms with E-state index in [1.807, 2.05) is 32.9 Å². The average molecular weight is 137 g/mol. The van der Waals surface area contributed by atoms with E-state index >= 15 is 0 Å². The van der Waals surface area contributed by atoms with E-state index in [4.69, 9.17) is 4.52 Å². The van der Waals surface area contributed by atoms with Crippen LogP contribution in [-0.4, -0.2) is 5.16 Å². The van der Waals surface area contributed by atoms with Crippen LogP contribution in [0.1, 0.15) is 25.3 Å². The maximum atomic E-state index is 5.00. The van der Waals surface area contributed by atoms with Crippen molar-refractivity contribution >= 4 is 5.57 Å². The van der Waals surface area contributed by atoms with E-state index in [9.17, 15) is 0 Å². The molecule has 10 heavy (non-hydrogen) atoms. The van der Waals surface area contributed by atoms with Crippen LogP contribution in [0.4, 0.5) is 0 Å². The van der Waals surface area contributed by atoms with E-state index < -0.39 is 0 Å². The second kappa shape index (κ2) is 2.69. The van der Waals surface area contributed by atoms with Crippen molar-refractivity contribution in [2.75, 3.05) is 0 Å². The highest BCUT2D eigenvalue weighted by molar-refractivity contribution is 5.58. The molecule has 0 radical (unpaired) electrons. The number of hydrogen-bond acceptors (Lipinski definition) is 2. The lowest BCUT2D eigenvalue weighted by molar-refractivity contribution is 0.405. The summed E-state index contributed by atoms with van der Waals surface area (Å²) in [5.41, 5.74) is 2.05. The zero-order valence-electron chi connectivity index (χ0n) is 6.51. The van der Waals surface area contributed by atoms with E-state index in [2.05, 4.69) is 5.16 Å². The number of allylic oxidation sites excluding steroid dienone is 2. The lowest BCUT2D eigenvalue weighted by Gasteiger charge is -1.87. The Labute approximate surface area is 60.5 Å². The first-order valence-electron chi connectivity index (χ1n) is 3.30. The van der Waals surface area contributed by atoms with Gasteiger partial charge in [0.1, 0.15) is 0 Å². The van der Waals surface area contributed by atoms with Gasteiger partial charge in [-0.1, -0.05) is 11.2 Å². The Morgan fingerprint density at radius 3 is 2.80 bits per heavy atom. The number of hydrogen-bond donors (Lipinski definition) is 0. The maximum absolute atomic E-state index is 5.00. The Kier molecular flexibility index (Phi) is 1.90. The molecule has 1 heterocycles. The molecule has 0 fully saturated rings. The van der Waals surface area contributed by atoms with E-state index in [-0.39, 0.29) is 0 Å². The molecule has 2 nitrogen and oxygen atoms in total. The standard InChI is InChI=1S/C8H11NO/c1-4-6(2)8-5-7(3)9-10-8/h4-5H,1-3H3/b6-4+. The Balaban J connectivity index is 2.95. The van der Waals surface area contributed by atoms with Crippen LogP contribution in [-0.2, 0) is 0 Å². The minimum Gasteiger partial charge on any atom is -0.356 e. The summed E-state index contributed by atoms with van der Waals surface area (Å²) in [6.45, 7) is 5.89. The van der Waals surface area contributed by atoms with Crippen molar-refractivity contribution in [3.63, 3.8) is 0 Å². The fourth-order valence-corrected chi connectivity index (χ4v) is 0.692. The van der Waals surface area contributed by atoms with Crippen molar-refractivity contribution < 1.29 is 4.52 Å². The van der Waals surface area contributed by atoms with Gasteiger partial charge in [-0.3, -0.25) is 0 Å². The van der Waals surface area contributed by atoms with Gasteiger partial charge in [-0.25, -0.2) is 0 Å². The summed E-state index contributed by atoms with van der Waals surface area (Å²) < 4.78 is 5.00. The van der Waals surface area contributed by atoms with Gasteiger partial charge in [0.05, 0.1) is 5.69 Å². The molecule has 0 atom stereocenters. The molecule has 0 N–H and O–H groups in total. The molecule has 0 aliphatic rings. The summed E-state index contributed by atoms with van der Waals surface area (Å²) in [5.74, 6) is 0.861. The SMILES string of the molecule is C/C=C(\C)c1cc(C)no1. The minimum atomic E-state index is 0.861. The molecule has 0 bridgehead atoms. The molecule has 0 amide bonds. The third-order valence-corrected chi connectivity index (χ3v) is 1.45. The van der Waals surface area contributed by atoms with Gasteiger partial charge in [0.15, 0.2) is 5.76 Å². The fraction of sp³-hybridized carbons (Fsp3) is 0.375. The summed E-state index contributed by atoms with van der Waals surface area (Å²) in [4.78, 5) is 0. The zero-order chi connectivity index (χ0) is 7.56. The molecule has 0 spiro atoms. The fourth-order valence-electron chi connectivity index (χ4n) is 0.692. The van der Waals surface area contributed by atoms with Crippen LogP contribution < -0.4 is 0 Å². The van der Waals surface area contributed by atoms with E-state index in [0.717, 1.165) is 17.0 Å². The molecular formula is C8H11NO. The van der Waals surface area contributed by atoms with Crippen LogP contribution in [0.25, 0.3) is 5.57 Å². The van der Waals surface area contributed by atoms with Gasteiger partial charge in [0, 0.05) is 6.07 Å². The molecule has 1 aromatic rings. The van der Waals surface area contributed by atoms with E-state index in [1.165, 1.54) is 0 Å². The molecule has 0 saturated carbocycles. The largest absolute Gasteiger partial charge is 0.356 e. The lowest BCUT2D eigenvalue weighted by atomic mass is 10.2. The third kappa shape index (κ3) is 1.26. The zero-order valence-corrected chi connectivity index (χ0v) is 6.51. The van der Waals surface area contributed by atoms with E-state index in [1.54, 1.807) is 0 Å². The topological polar surface area (TPSA) is 26.0 Å². The molecular weight excluding hydrogens is 126 g/mol. The predicted molar refractivity (Wildman–Crippen MR) is 40.6 cm³/mol. The molecule has 1 aromatic heterocycles. The van der Waals surface area contributed by atoms with Crippen LogP contribution >= 0.6 is 0 Å². The summed E-state index contributed by atoms with van der Waals surface area (Å²) in [6, 6.07) is 1.93. The average Bonchev–Trinajstić information content (AvgIpc) is 2.34. The highest BCUT2D eigenvalue weighted by Crippen LogP contribution is 2.13. The van der Waals surface area contributed by atoms with Gasteiger partial charge < -0.3 is 4.52 Å². The van der Waals surface area contributed by atoms with Crippen molar-refractivity contribution in [2.24, 2.45) is 0 Å². The predicted octanol–water partition coefficient (Wildman–Crippen LogP) is 2.41.